The zero-order chi connectivity index (χ0) is 74.8. The smallest absolute Gasteiger partial charge is 0.338 e. The van der Waals surface area contributed by atoms with E-state index in [2.05, 4.69) is 67.8 Å². The van der Waals surface area contributed by atoms with E-state index in [1.54, 1.807) is 76.3 Å². The van der Waals surface area contributed by atoms with Crippen LogP contribution in [0.5, 0.6) is 0 Å². The van der Waals surface area contributed by atoms with Gasteiger partial charge < -0.3 is 45.5 Å². The molecule has 3 aromatic heterocycles. The van der Waals surface area contributed by atoms with Crippen LogP contribution in [0.3, 0.4) is 0 Å². The number of carboxylic acid groups (broad SMARTS) is 3. The summed E-state index contributed by atoms with van der Waals surface area (Å²) in [5, 5.41) is 43.4. The van der Waals surface area contributed by atoms with Crippen LogP contribution in [0.1, 0.15) is 103 Å². The molecular formula is C68H67Br2ClF6N12O12S3. The largest absolute Gasteiger partial charge is 0.481 e. The lowest BCUT2D eigenvalue weighted by Gasteiger charge is -2.45. The molecule has 0 saturated carbocycles. The Balaban J connectivity index is 0.000000167. The fourth-order valence-corrected chi connectivity index (χ4v) is 15.5. The van der Waals surface area contributed by atoms with E-state index in [1.165, 1.54) is 76.5 Å². The molecule has 552 valence electrons. The SMILES string of the molecule is CCOC(=O)C1=C(CN2CC(F)(CC(=O)O)C2)NC(c2nccs2)=N[C@H]1c1ccc(F)cc1Br.CCOC(=O)C1=C(CN2CC(F)(CCC(=O)O)C2)NC(c2nccs2)=N[C@H]1c1ccc(F)cc1Br.CCOC(=O)C1=C(CN2CC(F)(CCC(=O)O)C2)NC(c2nccs2)=N[C@H]1c1ccc(F)cc1Cl. The molecule has 0 unspecified atom stereocenters. The highest BCUT2D eigenvalue weighted by atomic mass is 79.9. The second kappa shape index (κ2) is 34.3. The van der Waals surface area contributed by atoms with Crippen molar-refractivity contribution in [2.24, 2.45) is 15.0 Å². The summed E-state index contributed by atoms with van der Waals surface area (Å²) in [7, 11) is 0. The summed E-state index contributed by atoms with van der Waals surface area (Å²) in [4.78, 5) is 104. The summed E-state index contributed by atoms with van der Waals surface area (Å²) in [6.07, 6.45) is 3.61. The Morgan fingerprint density at radius 3 is 1.12 bits per heavy atom. The third-order valence-corrected chi connectivity index (χ3v) is 20.8. The average molecular weight is 1650 g/mol. The third kappa shape index (κ3) is 19.4. The van der Waals surface area contributed by atoms with Gasteiger partial charge in [-0.1, -0.05) is 61.7 Å². The van der Waals surface area contributed by atoms with Crippen LogP contribution in [-0.2, 0) is 43.0 Å². The van der Waals surface area contributed by atoms with Crippen molar-refractivity contribution in [1.82, 2.24) is 45.6 Å². The van der Waals surface area contributed by atoms with Gasteiger partial charge in [0, 0.05) is 143 Å². The number of aromatic nitrogens is 3. The number of hydrogen-bond donors (Lipinski definition) is 6. The molecule has 104 heavy (non-hydrogen) atoms. The molecule has 3 saturated heterocycles. The summed E-state index contributed by atoms with van der Waals surface area (Å²) < 4.78 is 103. The van der Waals surface area contributed by atoms with Crippen LogP contribution in [0, 0.1) is 17.5 Å². The number of thiazole rings is 3. The number of hydrogen-bond acceptors (Lipinski definition) is 24. The van der Waals surface area contributed by atoms with Gasteiger partial charge in [0.25, 0.3) is 0 Å². The molecular weight excluding hydrogens is 1580 g/mol. The summed E-state index contributed by atoms with van der Waals surface area (Å²) >= 11 is 17.1. The monoisotopic (exact) mass is 1650 g/mol. The molecule has 6 aliphatic rings. The normalized spacial score (nSPS) is 19.6. The second-order valence-electron chi connectivity index (χ2n) is 24.6. The fourth-order valence-electron chi connectivity index (χ4n) is 12.3. The zero-order valence-electron chi connectivity index (χ0n) is 55.6. The zero-order valence-corrected chi connectivity index (χ0v) is 62.0. The van der Waals surface area contributed by atoms with Crippen LogP contribution in [0.25, 0.3) is 0 Å². The molecule has 3 aromatic carbocycles. The number of aliphatic imine (C=N–C) groups is 3. The quantitative estimate of drug-likeness (QED) is 0.0167. The van der Waals surface area contributed by atoms with Crippen LogP contribution in [-0.4, -0.2) is 194 Å². The van der Waals surface area contributed by atoms with Gasteiger partial charge in [0.05, 0.1) is 43.0 Å². The lowest BCUT2D eigenvalue weighted by atomic mass is 9.89. The molecule has 3 fully saturated rings. The molecule has 0 amide bonds. The number of rotatable bonds is 26. The maximum Gasteiger partial charge on any atom is 0.338 e. The first kappa shape index (κ1) is 78.3. The molecule has 24 nitrogen and oxygen atoms in total. The van der Waals surface area contributed by atoms with Crippen molar-refractivity contribution in [1.29, 1.82) is 0 Å². The number of carbonyl (C=O) groups is 6. The van der Waals surface area contributed by atoms with Crippen molar-refractivity contribution in [3.8, 4) is 0 Å². The van der Waals surface area contributed by atoms with E-state index in [0.717, 1.165) is 6.07 Å². The lowest BCUT2D eigenvalue weighted by molar-refractivity contribution is -0.145. The minimum atomic E-state index is -1.82. The summed E-state index contributed by atoms with van der Waals surface area (Å²) in [5.74, 6) is -5.30. The Morgan fingerprint density at radius 1 is 0.510 bits per heavy atom. The summed E-state index contributed by atoms with van der Waals surface area (Å²) in [5.41, 5.74) is -1.51. The van der Waals surface area contributed by atoms with Crippen LogP contribution in [0.15, 0.2) is 147 Å². The van der Waals surface area contributed by atoms with E-state index in [-0.39, 0.29) is 126 Å². The van der Waals surface area contributed by atoms with Crippen molar-refractivity contribution in [3.63, 3.8) is 0 Å². The molecule has 36 heteroatoms. The topological polar surface area (TPSA) is 312 Å². The summed E-state index contributed by atoms with van der Waals surface area (Å²) in [6, 6.07) is 9.55. The molecule has 0 spiro atoms. The van der Waals surface area contributed by atoms with Crippen LogP contribution < -0.4 is 16.0 Å². The minimum absolute atomic E-state index is 0.0211. The average Bonchev–Trinajstić information content (AvgIpc) is 0.945. The van der Waals surface area contributed by atoms with Gasteiger partial charge in [-0.05, 0) is 81.1 Å². The van der Waals surface area contributed by atoms with Crippen molar-refractivity contribution in [2.45, 2.75) is 88.0 Å². The van der Waals surface area contributed by atoms with Crippen molar-refractivity contribution in [2.75, 3.05) is 78.7 Å². The number of carboxylic acids is 3. The maximum atomic E-state index is 14.9. The second-order valence-corrected chi connectivity index (χ2v) is 29.4. The van der Waals surface area contributed by atoms with Gasteiger partial charge in [0.2, 0.25) is 0 Å². The number of benzene rings is 3. The van der Waals surface area contributed by atoms with E-state index in [4.69, 9.17) is 51.1 Å². The highest BCUT2D eigenvalue weighted by Crippen LogP contribution is 2.43. The molecule has 0 bridgehead atoms. The Labute approximate surface area is 625 Å². The highest BCUT2D eigenvalue weighted by Gasteiger charge is 2.49. The molecule has 12 rings (SSSR count). The Kier molecular flexibility index (Phi) is 25.8. The van der Waals surface area contributed by atoms with Gasteiger partial charge in [-0.15, -0.1) is 34.0 Å². The van der Waals surface area contributed by atoms with Gasteiger partial charge in [0.15, 0.2) is 32.5 Å². The standard InChI is InChI=1S/C23H23BrF2N4O4S.C23H23ClF2N4O4S.C22H21BrF2N4O4S/c2*1-2-34-22(33)18-16(10-30-11-23(26,12-30)6-5-17(31)32)28-20(21-27-7-8-35-21)29-19(18)14-4-3-13(25)9-15(14)24;1-2-33-21(32)17-15(9-29-10-22(25,11-29)8-16(30)31)27-19(20-26-5-6-34-20)28-18(17)13-4-3-12(24)7-14(13)23/h2*3-4,7-9,19H,2,5-6,10-12H2,1H3,(H,28,29)(H,31,32);3-7,18H,2,8-11H2,1H3,(H,27,28)(H,30,31)/t2*19-;18-/m000/s1. The summed E-state index contributed by atoms with van der Waals surface area (Å²) in [6.45, 7) is 5.87. The Morgan fingerprint density at radius 2 is 0.827 bits per heavy atom. The number of alkyl halides is 3. The van der Waals surface area contributed by atoms with Gasteiger partial charge in [-0.25, -0.2) is 55.7 Å². The number of nitrogens with one attached hydrogen (secondary N) is 3. The number of nitrogens with zero attached hydrogens (tertiary/aromatic N) is 9. The van der Waals surface area contributed by atoms with Crippen LogP contribution >= 0.6 is 77.5 Å². The first-order valence-corrected chi connectivity index (χ1v) is 36.9. The molecule has 0 aliphatic carbocycles. The van der Waals surface area contributed by atoms with Gasteiger partial charge in [-0.2, -0.15) is 0 Å². The molecule has 0 radical (unpaired) electrons. The van der Waals surface area contributed by atoms with Crippen molar-refractivity contribution >= 4 is 131 Å². The third-order valence-electron chi connectivity index (χ3n) is 16.8. The van der Waals surface area contributed by atoms with Gasteiger partial charge in [0.1, 0.15) is 52.6 Å². The Hall–Kier alpha value is -8.29. The number of amidine groups is 3. The maximum absolute atomic E-state index is 14.9. The number of likely N-dealkylation sites (tertiary alicyclic amines) is 3. The van der Waals surface area contributed by atoms with Gasteiger partial charge in [-0.3, -0.25) is 44.1 Å². The predicted molar refractivity (Wildman–Crippen MR) is 381 cm³/mol. The number of carbonyl (C=O) groups excluding carboxylic acids is 3. The number of esters is 3. The van der Waals surface area contributed by atoms with Crippen LogP contribution in [0.2, 0.25) is 5.02 Å². The van der Waals surface area contributed by atoms with E-state index < -0.39 is 94.8 Å². The van der Waals surface area contributed by atoms with E-state index in [9.17, 15) is 55.1 Å². The van der Waals surface area contributed by atoms with Crippen LogP contribution in [0.4, 0.5) is 26.3 Å². The van der Waals surface area contributed by atoms with E-state index in [0.29, 0.717) is 75.3 Å². The first-order valence-electron chi connectivity index (χ1n) is 32.3. The predicted octanol–water partition coefficient (Wildman–Crippen LogP) is 11.0. The fraction of sp³-hybridized carbons (Fsp3) is 0.382. The van der Waals surface area contributed by atoms with Gasteiger partial charge >= 0.3 is 35.8 Å². The lowest BCUT2D eigenvalue weighted by Crippen LogP contribution is -2.60. The minimum Gasteiger partial charge on any atom is -0.481 e. The number of aliphatic carboxylic acids is 3. The number of ether oxygens (including phenoxy) is 3. The first-order chi connectivity index (χ1) is 49.6. The van der Waals surface area contributed by atoms with Crippen molar-refractivity contribution < 1.29 is 84.6 Å². The molecule has 6 N–H and O–H groups in total. The number of halogens is 9. The van der Waals surface area contributed by atoms with Crippen molar-refractivity contribution in [3.05, 3.63) is 186 Å². The highest BCUT2D eigenvalue weighted by molar-refractivity contribution is 9.10. The Bertz CT molecular complexity index is 4220. The van der Waals surface area contributed by atoms with E-state index in [1.807, 2.05) is 0 Å². The molecule has 3 atom stereocenters. The molecule has 9 heterocycles. The molecule has 6 aliphatic heterocycles. The molecule has 6 aromatic rings. The van der Waals surface area contributed by atoms with E-state index >= 15 is 0 Å².